The maximum Gasteiger partial charge on any atom is 0.253 e. The summed E-state index contributed by atoms with van der Waals surface area (Å²) >= 11 is 0. The molecule has 0 radical (unpaired) electrons. The van der Waals surface area contributed by atoms with Crippen molar-refractivity contribution < 1.29 is 14.4 Å². The first-order valence-electron chi connectivity index (χ1n) is 11.0. The molecule has 2 heterocycles. The zero-order valence-electron chi connectivity index (χ0n) is 18.8. The molecule has 3 aromatic rings. The Labute approximate surface area is 192 Å². The lowest BCUT2D eigenvalue weighted by Gasteiger charge is -2.32. The van der Waals surface area contributed by atoms with E-state index in [0.717, 1.165) is 11.0 Å². The highest BCUT2D eigenvalue weighted by Crippen LogP contribution is 2.21. The second-order valence-corrected chi connectivity index (χ2v) is 8.36. The number of likely N-dealkylation sites (tertiary alicyclic amines) is 1. The van der Waals surface area contributed by atoms with Crippen molar-refractivity contribution in [1.82, 2.24) is 19.8 Å². The number of amides is 2. The fraction of sp³-hybridized carbons (Fsp3) is 0.269. The summed E-state index contributed by atoms with van der Waals surface area (Å²) in [5, 5.41) is 0. The number of rotatable bonds is 5. The van der Waals surface area contributed by atoms with Crippen molar-refractivity contribution in [3.8, 4) is 0 Å². The van der Waals surface area contributed by atoms with Crippen LogP contribution in [0.5, 0.6) is 0 Å². The average molecular weight is 443 g/mol. The van der Waals surface area contributed by atoms with Gasteiger partial charge in [-0.05, 0) is 49.3 Å². The summed E-state index contributed by atoms with van der Waals surface area (Å²) in [4.78, 5) is 49.7. The number of hydrogen-bond donors (Lipinski definition) is 0. The number of benzene rings is 2. The number of carbonyl (C=O) groups is 3. The van der Waals surface area contributed by atoms with Gasteiger partial charge in [0.15, 0.2) is 5.78 Å². The van der Waals surface area contributed by atoms with Crippen molar-refractivity contribution in [1.29, 1.82) is 0 Å². The van der Waals surface area contributed by atoms with Crippen molar-refractivity contribution in [2.45, 2.75) is 12.8 Å². The summed E-state index contributed by atoms with van der Waals surface area (Å²) in [6.45, 7) is 1.11. The van der Waals surface area contributed by atoms with Gasteiger partial charge in [0.2, 0.25) is 5.91 Å². The van der Waals surface area contributed by atoms with Gasteiger partial charge in [-0.1, -0.05) is 24.3 Å². The predicted molar refractivity (Wildman–Crippen MR) is 127 cm³/mol. The number of aromatic nitrogens is 2. The third kappa shape index (κ3) is 5.14. The van der Waals surface area contributed by atoms with Crippen molar-refractivity contribution >= 4 is 34.7 Å². The Bertz CT molecular complexity index is 1210. The second kappa shape index (κ2) is 9.73. The molecule has 0 aliphatic carbocycles. The number of hydrogen-bond acceptors (Lipinski definition) is 5. The molecular formula is C26H26N4O3. The highest BCUT2D eigenvalue weighted by atomic mass is 16.2. The van der Waals surface area contributed by atoms with E-state index in [1.165, 1.54) is 6.08 Å². The van der Waals surface area contributed by atoms with E-state index in [4.69, 9.17) is 0 Å². The Morgan fingerprint density at radius 1 is 0.939 bits per heavy atom. The Hall–Kier alpha value is -3.87. The molecule has 1 aliphatic heterocycles. The highest BCUT2D eigenvalue weighted by Gasteiger charge is 2.28. The van der Waals surface area contributed by atoms with Gasteiger partial charge in [-0.15, -0.1) is 0 Å². The standard InChI is InChI=1S/C26H26N4O3/c1-29(2)25(32)20-13-15-30(16-14-20)26(33)19-9-7-18(8-10-19)24(31)12-11-21-17-27-22-5-3-4-6-23(22)28-21/h3-12,17,20H,13-16H2,1-2H3/b12-11+. The van der Waals surface area contributed by atoms with Crippen LogP contribution in [0, 0.1) is 5.92 Å². The Morgan fingerprint density at radius 3 is 2.24 bits per heavy atom. The maximum absolute atomic E-state index is 12.8. The monoisotopic (exact) mass is 442 g/mol. The first-order valence-corrected chi connectivity index (χ1v) is 11.0. The minimum absolute atomic E-state index is 0.0249. The SMILES string of the molecule is CN(C)C(=O)C1CCN(C(=O)c2ccc(C(=O)/C=C/c3cnc4ccccc4n3)cc2)CC1. The molecule has 0 unspecified atom stereocenters. The molecule has 0 N–H and O–H groups in total. The van der Waals surface area contributed by atoms with Crippen molar-refractivity contribution in [3.63, 3.8) is 0 Å². The minimum atomic E-state index is -0.174. The van der Waals surface area contributed by atoms with Gasteiger partial charge >= 0.3 is 0 Å². The molecule has 4 rings (SSSR count). The Kier molecular flexibility index (Phi) is 6.58. The molecule has 7 heteroatoms. The summed E-state index contributed by atoms with van der Waals surface area (Å²) in [5.41, 5.74) is 3.20. The van der Waals surface area contributed by atoms with Crippen molar-refractivity contribution in [2.24, 2.45) is 5.92 Å². The number of allylic oxidation sites excluding steroid dienone is 1. The van der Waals surface area contributed by atoms with Crippen LogP contribution in [0.25, 0.3) is 17.1 Å². The van der Waals surface area contributed by atoms with Crippen LogP contribution in [0.1, 0.15) is 39.3 Å². The molecule has 0 bridgehead atoms. The van der Waals surface area contributed by atoms with E-state index in [1.54, 1.807) is 60.4 Å². The lowest BCUT2D eigenvalue weighted by atomic mass is 9.95. The summed E-state index contributed by atoms with van der Waals surface area (Å²) in [6.07, 6.45) is 6.06. The van der Waals surface area contributed by atoms with E-state index in [1.807, 2.05) is 24.3 Å². The summed E-state index contributed by atoms with van der Waals surface area (Å²) < 4.78 is 0. The Morgan fingerprint density at radius 2 is 1.58 bits per heavy atom. The molecule has 2 amide bonds. The van der Waals surface area contributed by atoms with Gasteiger partial charge < -0.3 is 9.80 Å². The highest BCUT2D eigenvalue weighted by molar-refractivity contribution is 6.07. The van der Waals surface area contributed by atoms with E-state index in [0.29, 0.717) is 42.8 Å². The normalized spacial score (nSPS) is 14.5. The molecule has 168 valence electrons. The number of fused-ring (bicyclic) bond motifs is 1. The largest absolute Gasteiger partial charge is 0.349 e. The summed E-state index contributed by atoms with van der Waals surface area (Å²) in [7, 11) is 3.51. The molecule has 1 aromatic heterocycles. The van der Waals surface area contributed by atoms with Crippen LogP contribution < -0.4 is 0 Å². The van der Waals surface area contributed by atoms with Gasteiger partial charge in [0.25, 0.3) is 5.91 Å². The van der Waals surface area contributed by atoms with Gasteiger partial charge in [0.1, 0.15) is 0 Å². The molecule has 2 aromatic carbocycles. The van der Waals surface area contributed by atoms with Crippen LogP contribution in [0.2, 0.25) is 0 Å². The number of carbonyl (C=O) groups excluding carboxylic acids is 3. The predicted octanol–water partition coefficient (Wildman–Crippen LogP) is 3.47. The lowest BCUT2D eigenvalue weighted by molar-refractivity contribution is -0.134. The van der Waals surface area contributed by atoms with Gasteiger partial charge in [0, 0.05) is 44.2 Å². The van der Waals surface area contributed by atoms with Crippen LogP contribution in [-0.4, -0.2) is 64.6 Å². The topological polar surface area (TPSA) is 83.5 Å². The molecular weight excluding hydrogens is 416 g/mol. The lowest BCUT2D eigenvalue weighted by Crippen LogP contribution is -2.42. The van der Waals surface area contributed by atoms with Crippen molar-refractivity contribution in [2.75, 3.05) is 27.2 Å². The maximum atomic E-state index is 12.8. The zero-order valence-corrected chi connectivity index (χ0v) is 18.8. The minimum Gasteiger partial charge on any atom is -0.349 e. The molecule has 0 saturated carbocycles. The third-order valence-corrected chi connectivity index (χ3v) is 5.86. The quantitative estimate of drug-likeness (QED) is 0.446. The van der Waals surface area contributed by atoms with Crippen LogP contribution in [0.3, 0.4) is 0 Å². The molecule has 7 nitrogen and oxygen atoms in total. The average Bonchev–Trinajstić information content (AvgIpc) is 2.86. The first-order chi connectivity index (χ1) is 15.9. The molecule has 33 heavy (non-hydrogen) atoms. The fourth-order valence-corrected chi connectivity index (χ4v) is 3.96. The van der Waals surface area contributed by atoms with Gasteiger partial charge in [-0.2, -0.15) is 0 Å². The van der Waals surface area contributed by atoms with Crippen LogP contribution >= 0.6 is 0 Å². The van der Waals surface area contributed by atoms with Crippen molar-refractivity contribution in [3.05, 3.63) is 77.6 Å². The first kappa shape index (κ1) is 22.3. The smallest absolute Gasteiger partial charge is 0.253 e. The third-order valence-electron chi connectivity index (χ3n) is 5.86. The fourth-order valence-electron chi connectivity index (χ4n) is 3.96. The molecule has 1 saturated heterocycles. The number of nitrogens with zero attached hydrogens (tertiary/aromatic N) is 4. The van der Waals surface area contributed by atoms with Crippen LogP contribution in [-0.2, 0) is 4.79 Å². The molecule has 1 aliphatic rings. The van der Waals surface area contributed by atoms with E-state index in [9.17, 15) is 14.4 Å². The number of piperidine rings is 1. The molecule has 0 atom stereocenters. The van der Waals surface area contributed by atoms with E-state index < -0.39 is 0 Å². The second-order valence-electron chi connectivity index (χ2n) is 8.36. The van der Waals surface area contributed by atoms with E-state index in [-0.39, 0.29) is 23.5 Å². The van der Waals surface area contributed by atoms with Crippen LogP contribution in [0.15, 0.2) is 60.8 Å². The Balaban J connectivity index is 1.37. The number of para-hydroxylation sites is 2. The van der Waals surface area contributed by atoms with Gasteiger partial charge in [-0.3, -0.25) is 19.4 Å². The zero-order chi connectivity index (χ0) is 23.4. The van der Waals surface area contributed by atoms with E-state index in [2.05, 4.69) is 9.97 Å². The molecule has 0 spiro atoms. The molecule has 1 fully saturated rings. The summed E-state index contributed by atoms with van der Waals surface area (Å²) in [5.74, 6) is -0.158. The number of ketones is 1. The van der Waals surface area contributed by atoms with Crippen LogP contribution in [0.4, 0.5) is 0 Å². The summed E-state index contributed by atoms with van der Waals surface area (Å²) in [6, 6.07) is 14.2. The van der Waals surface area contributed by atoms with Gasteiger partial charge in [-0.25, -0.2) is 4.98 Å². The van der Waals surface area contributed by atoms with E-state index >= 15 is 0 Å². The van der Waals surface area contributed by atoms with Gasteiger partial charge in [0.05, 0.1) is 22.9 Å².